The molecule has 2 heterocycles. The zero-order chi connectivity index (χ0) is 13.3. The number of halogens is 3. The zero-order valence-corrected chi connectivity index (χ0v) is 9.55. The highest BCUT2D eigenvalue weighted by Crippen LogP contribution is 2.31. The number of aromatic nitrogens is 2. The van der Waals surface area contributed by atoms with Crippen LogP contribution in [-0.2, 0) is 30.5 Å². The number of nitrogens with two attached hydrogens (primary N) is 1. The van der Waals surface area contributed by atoms with Crippen molar-refractivity contribution in [2.45, 2.75) is 32.1 Å². The normalized spacial score (nSPS) is 15.5. The fourth-order valence-corrected chi connectivity index (χ4v) is 2.05. The van der Waals surface area contributed by atoms with Crippen LogP contribution in [0.1, 0.15) is 23.6 Å². The first-order valence-electron chi connectivity index (χ1n) is 5.54. The maximum absolute atomic E-state index is 12.8. The van der Waals surface area contributed by atoms with Gasteiger partial charge in [-0.1, -0.05) is 0 Å². The van der Waals surface area contributed by atoms with Crippen molar-refractivity contribution in [1.29, 1.82) is 0 Å². The minimum absolute atomic E-state index is 0.0769. The Morgan fingerprint density at radius 1 is 1.50 bits per heavy atom. The molecule has 1 aliphatic heterocycles. The third kappa shape index (κ3) is 2.47. The first kappa shape index (κ1) is 12.9. The van der Waals surface area contributed by atoms with Crippen molar-refractivity contribution >= 4 is 5.91 Å². The SMILES string of the molecule is NC(=O)CCn1c(C(F)(F)F)nc2c1CCNC2. The number of carbonyl (C=O) groups is 1. The summed E-state index contributed by atoms with van der Waals surface area (Å²) in [5.41, 5.74) is 5.92. The fraction of sp³-hybridized carbons (Fsp3) is 0.600. The molecule has 0 fully saturated rings. The lowest BCUT2D eigenvalue weighted by Crippen LogP contribution is -2.26. The second kappa shape index (κ2) is 4.60. The molecule has 8 heteroatoms. The van der Waals surface area contributed by atoms with Crippen molar-refractivity contribution < 1.29 is 18.0 Å². The van der Waals surface area contributed by atoms with Gasteiger partial charge in [-0.3, -0.25) is 4.79 Å². The van der Waals surface area contributed by atoms with Crippen LogP contribution in [0.5, 0.6) is 0 Å². The Bertz CT molecular complexity index is 466. The molecule has 0 saturated heterocycles. The Morgan fingerprint density at radius 2 is 2.22 bits per heavy atom. The number of hydrogen-bond donors (Lipinski definition) is 2. The average molecular weight is 262 g/mol. The Morgan fingerprint density at radius 3 is 2.83 bits per heavy atom. The van der Waals surface area contributed by atoms with E-state index < -0.39 is 17.9 Å². The number of hydrogen-bond acceptors (Lipinski definition) is 3. The Hall–Kier alpha value is -1.57. The van der Waals surface area contributed by atoms with Crippen molar-refractivity contribution in [1.82, 2.24) is 14.9 Å². The van der Waals surface area contributed by atoms with E-state index in [1.54, 1.807) is 0 Å². The first-order valence-corrected chi connectivity index (χ1v) is 5.54. The number of rotatable bonds is 3. The van der Waals surface area contributed by atoms with E-state index in [4.69, 9.17) is 5.73 Å². The van der Waals surface area contributed by atoms with E-state index in [9.17, 15) is 18.0 Å². The quantitative estimate of drug-likeness (QED) is 0.829. The summed E-state index contributed by atoms with van der Waals surface area (Å²) in [6, 6.07) is 0. The van der Waals surface area contributed by atoms with Gasteiger partial charge in [-0.2, -0.15) is 13.2 Å². The maximum Gasteiger partial charge on any atom is 0.449 e. The molecule has 0 bridgehead atoms. The minimum atomic E-state index is -4.52. The molecule has 100 valence electrons. The van der Waals surface area contributed by atoms with Gasteiger partial charge in [-0.05, 0) is 0 Å². The lowest BCUT2D eigenvalue weighted by molar-refractivity contribution is -0.147. The van der Waals surface area contributed by atoms with Gasteiger partial charge in [0.2, 0.25) is 11.7 Å². The molecule has 5 nitrogen and oxygen atoms in total. The van der Waals surface area contributed by atoms with Crippen LogP contribution >= 0.6 is 0 Å². The van der Waals surface area contributed by atoms with E-state index in [0.717, 1.165) is 4.57 Å². The summed E-state index contributed by atoms with van der Waals surface area (Å²) in [6.45, 7) is 0.848. The van der Waals surface area contributed by atoms with Crippen molar-refractivity contribution in [3.8, 4) is 0 Å². The number of primary amides is 1. The molecule has 0 aromatic carbocycles. The molecule has 0 spiro atoms. The van der Waals surface area contributed by atoms with E-state index in [0.29, 0.717) is 30.9 Å². The largest absolute Gasteiger partial charge is 0.449 e. The molecule has 1 aliphatic rings. The standard InChI is InChI=1S/C10H13F3N4O/c11-10(12,13)9-16-6-5-15-3-1-7(6)17(9)4-2-8(14)18/h15H,1-5H2,(H2,14,18). The van der Waals surface area contributed by atoms with Gasteiger partial charge in [0.1, 0.15) is 0 Å². The van der Waals surface area contributed by atoms with E-state index in [2.05, 4.69) is 10.3 Å². The van der Waals surface area contributed by atoms with Crippen LogP contribution in [0.2, 0.25) is 0 Å². The average Bonchev–Trinajstić information content (AvgIpc) is 2.64. The van der Waals surface area contributed by atoms with Gasteiger partial charge in [-0.25, -0.2) is 4.98 Å². The van der Waals surface area contributed by atoms with E-state index in [-0.39, 0.29) is 13.0 Å². The van der Waals surface area contributed by atoms with Crippen molar-refractivity contribution in [3.63, 3.8) is 0 Å². The molecule has 3 N–H and O–H groups in total. The van der Waals surface area contributed by atoms with Gasteiger partial charge in [-0.15, -0.1) is 0 Å². The first-order chi connectivity index (χ1) is 8.39. The number of carbonyl (C=O) groups excluding carboxylic acids is 1. The second-order valence-electron chi connectivity index (χ2n) is 4.12. The lowest BCUT2D eigenvalue weighted by Gasteiger charge is -2.16. The monoisotopic (exact) mass is 262 g/mol. The number of amides is 1. The second-order valence-corrected chi connectivity index (χ2v) is 4.12. The summed E-state index contributed by atoms with van der Waals surface area (Å²) >= 11 is 0. The topological polar surface area (TPSA) is 72.9 Å². The number of fused-ring (bicyclic) bond motifs is 1. The molecule has 0 unspecified atom stereocenters. The van der Waals surface area contributed by atoms with Crippen LogP contribution in [0.15, 0.2) is 0 Å². The Labute approximate surface area is 101 Å². The molecule has 1 amide bonds. The Balaban J connectivity index is 2.39. The molecular weight excluding hydrogens is 249 g/mol. The summed E-state index contributed by atoms with van der Waals surface area (Å²) in [7, 11) is 0. The van der Waals surface area contributed by atoms with Gasteiger partial charge >= 0.3 is 6.18 Å². The molecule has 18 heavy (non-hydrogen) atoms. The molecule has 0 aliphatic carbocycles. The summed E-state index contributed by atoms with van der Waals surface area (Å²) in [5.74, 6) is -1.57. The van der Waals surface area contributed by atoms with E-state index in [1.807, 2.05) is 0 Å². The molecule has 1 aromatic rings. The zero-order valence-electron chi connectivity index (χ0n) is 9.55. The van der Waals surface area contributed by atoms with Gasteiger partial charge in [0.25, 0.3) is 0 Å². The van der Waals surface area contributed by atoms with Crippen LogP contribution in [0, 0.1) is 0 Å². The highest BCUT2D eigenvalue weighted by molar-refractivity contribution is 5.73. The predicted octanol–water partition coefficient (Wildman–Crippen LogP) is 0.423. The van der Waals surface area contributed by atoms with Crippen LogP contribution in [0.25, 0.3) is 0 Å². The van der Waals surface area contributed by atoms with Gasteiger partial charge in [0.15, 0.2) is 0 Å². The summed E-state index contributed by atoms with van der Waals surface area (Å²) in [6.07, 6.45) is -4.18. The van der Waals surface area contributed by atoms with Crippen molar-refractivity contribution in [3.05, 3.63) is 17.2 Å². The van der Waals surface area contributed by atoms with Crippen molar-refractivity contribution in [2.24, 2.45) is 5.73 Å². The number of imidazole rings is 1. The van der Waals surface area contributed by atoms with Gasteiger partial charge in [0.05, 0.1) is 5.69 Å². The molecule has 0 radical (unpaired) electrons. The van der Waals surface area contributed by atoms with Crippen molar-refractivity contribution in [2.75, 3.05) is 6.54 Å². The third-order valence-corrected chi connectivity index (χ3v) is 2.82. The van der Waals surface area contributed by atoms with E-state index in [1.165, 1.54) is 0 Å². The highest BCUT2D eigenvalue weighted by atomic mass is 19.4. The van der Waals surface area contributed by atoms with Gasteiger partial charge in [0, 0.05) is 38.2 Å². The summed E-state index contributed by atoms with van der Waals surface area (Å²) in [4.78, 5) is 14.3. The number of nitrogens with one attached hydrogen (secondary N) is 1. The smallest absolute Gasteiger partial charge is 0.370 e. The number of alkyl halides is 3. The molecule has 0 atom stereocenters. The molecule has 1 aromatic heterocycles. The minimum Gasteiger partial charge on any atom is -0.370 e. The molecule has 0 saturated carbocycles. The summed E-state index contributed by atoms with van der Waals surface area (Å²) < 4.78 is 39.6. The van der Waals surface area contributed by atoms with Crippen LogP contribution in [0.3, 0.4) is 0 Å². The maximum atomic E-state index is 12.8. The molecular formula is C10H13F3N4O. The third-order valence-electron chi connectivity index (χ3n) is 2.82. The molecule has 2 rings (SSSR count). The van der Waals surface area contributed by atoms with Crippen LogP contribution in [0.4, 0.5) is 13.2 Å². The fourth-order valence-electron chi connectivity index (χ4n) is 2.05. The van der Waals surface area contributed by atoms with E-state index >= 15 is 0 Å². The predicted molar refractivity (Wildman–Crippen MR) is 56.5 cm³/mol. The van der Waals surface area contributed by atoms with Crippen LogP contribution < -0.4 is 11.1 Å². The highest BCUT2D eigenvalue weighted by Gasteiger charge is 2.39. The Kier molecular flexibility index (Phi) is 3.29. The number of nitrogens with zero attached hydrogens (tertiary/aromatic N) is 2. The lowest BCUT2D eigenvalue weighted by atomic mass is 10.2. The van der Waals surface area contributed by atoms with Crippen LogP contribution in [-0.4, -0.2) is 22.0 Å². The van der Waals surface area contributed by atoms with Gasteiger partial charge < -0.3 is 15.6 Å². The summed E-state index contributed by atoms with van der Waals surface area (Å²) in [5, 5.41) is 2.96.